The lowest BCUT2D eigenvalue weighted by atomic mass is 9.94. The molecule has 0 aromatic heterocycles. The molecule has 106 valence electrons. The summed E-state index contributed by atoms with van der Waals surface area (Å²) in [5.41, 5.74) is 3.75. The minimum absolute atomic E-state index is 0.145. The number of ether oxygens (including phenoxy) is 1. The molecule has 0 aliphatic rings. The Hall–Kier alpha value is -1.80. The van der Waals surface area contributed by atoms with Crippen molar-refractivity contribution in [2.24, 2.45) is 0 Å². The monoisotopic (exact) mass is 269 g/mol. The predicted octanol–water partition coefficient (Wildman–Crippen LogP) is 4.09. The maximum atomic E-state index is 5.95. The van der Waals surface area contributed by atoms with Gasteiger partial charge in [-0.2, -0.15) is 0 Å². The molecule has 1 atom stereocenters. The van der Waals surface area contributed by atoms with E-state index in [2.05, 4.69) is 62.5 Å². The van der Waals surface area contributed by atoms with E-state index < -0.39 is 0 Å². The van der Waals surface area contributed by atoms with E-state index in [0.29, 0.717) is 0 Å². The normalized spacial score (nSPS) is 12.4. The summed E-state index contributed by atoms with van der Waals surface area (Å²) >= 11 is 0. The molecule has 0 heterocycles. The van der Waals surface area contributed by atoms with Crippen LogP contribution in [0.1, 0.15) is 36.6 Å². The molecule has 0 saturated heterocycles. The number of para-hydroxylation sites is 1. The van der Waals surface area contributed by atoms with Gasteiger partial charge in [0.25, 0.3) is 0 Å². The molecule has 1 N–H and O–H groups in total. The predicted molar refractivity (Wildman–Crippen MR) is 84.3 cm³/mol. The van der Waals surface area contributed by atoms with Crippen LogP contribution in [-0.2, 0) is 0 Å². The first kappa shape index (κ1) is 14.6. The Morgan fingerprint density at radius 1 is 0.900 bits per heavy atom. The lowest BCUT2D eigenvalue weighted by molar-refractivity contribution is 0.238. The zero-order valence-corrected chi connectivity index (χ0v) is 12.7. The minimum atomic E-state index is 0.145. The van der Waals surface area contributed by atoms with Crippen molar-refractivity contribution in [1.29, 1.82) is 0 Å². The number of hydrogen-bond acceptors (Lipinski definition) is 2. The fourth-order valence-electron chi connectivity index (χ4n) is 2.47. The maximum absolute atomic E-state index is 5.95. The van der Waals surface area contributed by atoms with Gasteiger partial charge in [-0.05, 0) is 45.0 Å². The summed E-state index contributed by atoms with van der Waals surface area (Å²) in [5.74, 6) is 0.949. The van der Waals surface area contributed by atoms with Gasteiger partial charge in [-0.25, -0.2) is 0 Å². The van der Waals surface area contributed by atoms with Crippen LogP contribution in [0.25, 0.3) is 0 Å². The quantitative estimate of drug-likeness (QED) is 0.882. The lowest BCUT2D eigenvalue weighted by Gasteiger charge is -2.23. The fraction of sp³-hybridized carbons (Fsp3) is 0.333. The van der Waals surface area contributed by atoms with E-state index in [4.69, 9.17) is 4.74 Å². The van der Waals surface area contributed by atoms with Crippen molar-refractivity contribution in [1.82, 2.24) is 5.32 Å². The van der Waals surface area contributed by atoms with Gasteiger partial charge in [0, 0.05) is 5.56 Å². The molecule has 0 fully saturated rings. The van der Waals surface area contributed by atoms with Crippen LogP contribution >= 0.6 is 0 Å². The van der Waals surface area contributed by atoms with Crippen molar-refractivity contribution < 1.29 is 4.74 Å². The van der Waals surface area contributed by atoms with Gasteiger partial charge < -0.3 is 10.1 Å². The Morgan fingerprint density at radius 2 is 1.50 bits per heavy atom. The second-order valence-corrected chi connectivity index (χ2v) is 5.28. The SMILES string of the molecule is CNC(c1ccccc1C)c1ccccc1OC(C)C. The van der Waals surface area contributed by atoms with Crippen LogP contribution in [0, 0.1) is 6.92 Å². The Kier molecular flexibility index (Phi) is 4.80. The van der Waals surface area contributed by atoms with E-state index in [9.17, 15) is 0 Å². The zero-order valence-electron chi connectivity index (χ0n) is 12.7. The first-order valence-corrected chi connectivity index (χ1v) is 7.12. The number of benzene rings is 2. The molecule has 2 aromatic rings. The fourth-order valence-corrected chi connectivity index (χ4v) is 2.47. The van der Waals surface area contributed by atoms with Crippen LogP contribution < -0.4 is 10.1 Å². The number of aryl methyl sites for hydroxylation is 1. The summed E-state index contributed by atoms with van der Waals surface area (Å²) in [7, 11) is 1.99. The summed E-state index contributed by atoms with van der Waals surface area (Å²) in [6, 6.07) is 16.9. The molecule has 2 nitrogen and oxygen atoms in total. The minimum Gasteiger partial charge on any atom is -0.491 e. The van der Waals surface area contributed by atoms with E-state index in [-0.39, 0.29) is 12.1 Å². The highest BCUT2D eigenvalue weighted by molar-refractivity contribution is 5.43. The number of hydrogen-bond donors (Lipinski definition) is 1. The van der Waals surface area contributed by atoms with Crippen molar-refractivity contribution in [2.45, 2.75) is 32.9 Å². The molecule has 0 saturated carbocycles. The molecule has 2 rings (SSSR count). The Balaban J connectivity index is 2.45. The number of rotatable bonds is 5. The van der Waals surface area contributed by atoms with Crippen molar-refractivity contribution in [2.75, 3.05) is 7.05 Å². The molecule has 0 spiro atoms. The van der Waals surface area contributed by atoms with E-state index in [1.54, 1.807) is 0 Å². The second kappa shape index (κ2) is 6.58. The maximum Gasteiger partial charge on any atom is 0.124 e. The van der Waals surface area contributed by atoms with Crippen LogP contribution in [0.2, 0.25) is 0 Å². The summed E-state index contributed by atoms with van der Waals surface area (Å²) < 4.78 is 5.95. The molecule has 0 aliphatic heterocycles. The smallest absolute Gasteiger partial charge is 0.124 e. The van der Waals surface area contributed by atoms with Gasteiger partial charge in [-0.15, -0.1) is 0 Å². The van der Waals surface area contributed by atoms with Crippen LogP contribution in [0.3, 0.4) is 0 Å². The first-order chi connectivity index (χ1) is 9.63. The average molecular weight is 269 g/mol. The van der Waals surface area contributed by atoms with Crippen molar-refractivity contribution in [3.05, 3.63) is 65.2 Å². The number of nitrogens with one attached hydrogen (secondary N) is 1. The third-order valence-corrected chi connectivity index (χ3v) is 3.38. The highest BCUT2D eigenvalue weighted by Gasteiger charge is 2.18. The molecular formula is C18H23NO. The largest absolute Gasteiger partial charge is 0.491 e. The molecule has 0 bridgehead atoms. The summed E-state index contributed by atoms with van der Waals surface area (Å²) in [4.78, 5) is 0. The van der Waals surface area contributed by atoms with E-state index in [1.165, 1.54) is 16.7 Å². The standard InChI is InChI=1S/C18H23NO/c1-13(2)20-17-12-8-7-11-16(17)18(19-4)15-10-6-5-9-14(15)3/h5-13,18-19H,1-4H3. The average Bonchev–Trinajstić information content (AvgIpc) is 2.43. The van der Waals surface area contributed by atoms with E-state index in [1.807, 2.05) is 19.2 Å². The van der Waals surface area contributed by atoms with Gasteiger partial charge in [0.1, 0.15) is 5.75 Å². The van der Waals surface area contributed by atoms with E-state index >= 15 is 0 Å². The second-order valence-electron chi connectivity index (χ2n) is 5.28. The van der Waals surface area contributed by atoms with Gasteiger partial charge in [0.05, 0.1) is 12.1 Å². The van der Waals surface area contributed by atoms with E-state index in [0.717, 1.165) is 5.75 Å². The van der Waals surface area contributed by atoms with Crippen LogP contribution in [0.4, 0.5) is 0 Å². The first-order valence-electron chi connectivity index (χ1n) is 7.12. The summed E-state index contributed by atoms with van der Waals surface area (Å²) in [6.07, 6.45) is 0.172. The molecule has 0 aliphatic carbocycles. The van der Waals surface area contributed by atoms with Gasteiger partial charge in [0.15, 0.2) is 0 Å². The molecule has 2 heteroatoms. The Bertz CT molecular complexity index is 563. The topological polar surface area (TPSA) is 21.3 Å². The van der Waals surface area contributed by atoms with Gasteiger partial charge in [-0.3, -0.25) is 0 Å². The molecule has 0 radical (unpaired) electrons. The summed E-state index contributed by atoms with van der Waals surface area (Å²) in [5, 5.41) is 3.41. The third kappa shape index (κ3) is 3.20. The van der Waals surface area contributed by atoms with Crippen molar-refractivity contribution in [3.63, 3.8) is 0 Å². The van der Waals surface area contributed by atoms with Crippen LogP contribution in [0.15, 0.2) is 48.5 Å². The Morgan fingerprint density at radius 3 is 2.10 bits per heavy atom. The van der Waals surface area contributed by atoms with Crippen molar-refractivity contribution >= 4 is 0 Å². The lowest BCUT2D eigenvalue weighted by Crippen LogP contribution is -2.20. The third-order valence-electron chi connectivity index (χ3n) is 3.38. The molecule has 0 amide bonds. The zero-order chi connectivity index (χ0) is 14.5. The highest BCUT2D eigenvalue weighted by atomic mass is 16.5. The molecular weight excluding hydrogens is 246 g/mol. The van der Waals surface area contributed by atoms with Crippen LogP contribution in [-0.4, -0.2) is 13.2 Å². The van der Waals surface area contributed by atoms with Gasteiger partial charge in [0.2, 0.25) is 0 Å². The summed E-state index contributed by atoms with van der Waals surface area (Å²) in [6.45, 7) is 6.25. The highest BCUT2D eigenvalue weighted by Crippen LogP contribution is 2.31. The molecule has 20 heavy (non-hydrogen) atoms. The van der Waals surface area contributed by atoms with Crippen molar-refractivity contribution in [3.8, 4) is 5.75 Å². The Labute approximate surface area is 121 Å². The molecule has 1 unspecified atom stereocenters. The van der Waals surface area contributed by atoms with Gasteiger partial charge in [-0.1, -0.05) is 42.5 Å². The molecule has 2 aromatic carbocycles. The van der Waals surface area contributed by atoms with Crippen LogP contribution in [0.5, 0.6) is 5.75 Å². The van der Waals surface area contributed by atoms with Gasteiger partial charge >= 0.3 is 0 Å².